The molecule has 220 valence electrons. The summed E-state index contributed by atoms with van der Waals surface area (Å²) in [6, 6.07) is 12.4. The van der Waals surface area contributed by atoms with Crippen molar-refractivity contribution in [2.75, 3.05) is 18.0 Å². The number of piperidine rings is 1. The van der Waals surface area contributed by atoms with E-state index in [0.717, 1.165) is 75.2 Å². The summed E-state index contributed by atoms with van der Waals surface area (Å²) in [5.74, 6) is 0.473. The van der Waals surface area contributed by atoms with E-state index in [9.17, 15) is 19.1 Å². The van der Waals surface area contributed by atoms with Gasteiger partial charge in [-0.3, -0.25) is 14.5 Å². The van der Waals surface area contributed by atoms with Gasteiger partial charge in [-0.1, -0.05) is 12.1 Å². The van der Waals surface area contributed by atoms with Gasteiger partial charge in [-0.15, -0.1) is 0 Å². The van der Waals surface area contributed by atoms with Crippen molar-refractivity contribution in [1.29, 1.82) is 0 Å². The van der Waals surface area contributed by atoms with Gasteiger partial charge in [0, 0.05) is 42.2 Å². The highest BCUT2D eigenvalue weighted by Gasteiger charge is 2.36. The first-order chi connectivity index (χ1) is 19.7. The van der Waals surface area contributed by atoms with Crippen LogP contribution in [0.25, 0.3) is 0 Å². The largest absolute Gasteiger partial charge is 0.393 e. The molecular formula is C33H43FN4O3. The molecule has 0 aromatic heterocycles. The van der Waals surface area contributed by atoms with E-state index >= 15 is 0 Å². The number of amides is 2. The molecule has 0 spiro atoms. The Kier molecular flexibility index (Phi) is 9.19. The van der Waals surface area contributed by atoms with Crippen molar-refractivity contribution >= 4 is 23.3 Å². The molecule has 3 aliphatic rings. The second-order valence-corrected chi connectivity index (χ2v) is 12.4. The lowest BCUT2D eigenvalue weighted by atomic mass is 9.84. The Labute approximate surface area is 242 Å². The number of likely N-dealkylation sites (tertiary alicyclic amines) is 1. The average molecular weight is 563 g/mol. The van der Waals surface area contributed by atoms with E-state index < -0.39 is 0 Å². The second-order valence-electron chi connectivity index (χ2n) is 12.4. The molecule has 8 heteroatoms. The zero-order valence-corrected chi connectivity index (χ0v) is 24.5. The smallest absolute Gasteiger partial charge is 0.278 e. The summed E-state index contributed by atoms with van der Waals surface area (Å²) in [5.41, 5.74) is 3.83. The fourth-order valence-electron chi connectivity index (χ4n) is 6.60. The molecule has 1 saturated heterocycles. The molecule has 1 aliphatic carbocycles. The van der Waals surface area contributed by atoms with E-state index in [-0.39, 0.29) is 41.7 Å². The second kappa shape index (κ2) is 12.8. The van der Waals surface area contributed by atoms with Gasteiger partial charge in [0.1, 0.15) is 11.7 Å². The Morgan fingerprint density at radius 2 is 1.68 bits per heavy atom. The number of hydrogen-bond donors (Lipinski definition) is 2. The number of rotatable bonds is 7. The lowest BCUT2D eigenvalue weighted by Crippen LogP contribution is -2.44. The minimum Gasteiger partial charge on any atom is -0.393 e. The molecule has 0 radical (unpaired) electrons. The van der Waals surface area contributed by atoms with E-state index in [2.05, 4.69) is 38.3 Å². The van der Waals surface area contributed by atoms with Gasteiger partial charge in [-0.05, 0) is 120 Å². The van der Waals surface area contributed by atoms with Crippen LogP contribution in [-0.4, -0.2) is 58.9 Å². The van der Waals surface area contributed by atoms with E-state index in [1.165, 1.54) is 29.8 Å². The van der Waals surface area contributed by atoms with Crippen molar-refractivity contribution in [2.24, 2.45) is 16.8 Å². The zero-order chi connectivity index (χ0) is 29.1. The number of benzene rings is 2. The van der Waals surface area contributed by atoms with Crippen LogP contribution in [0.2, 0.25) is 0 Å². The number of nitrogens with zero attached hydrogens (tertiary/aromatic N) is 3. The van der Waals surface area contributed by atoms with E-state index in [4.69, 9.17) is 0 Å². The van der Waals surface area contributed by atoms with Gasteiger partial charge < -0.3 is 15.3 Å². The summed E-state index contributed by atoms with van der Waals surface area (Å²) in [7, 11) is 0. The Balaban J connectivity index is 1.36. The molecule has 2 fully saturated rings. The standard InChI is InChI=1S/C33H43FN4O3/c1-21(2)35-32(40)26-8-12-29(13-9-26)38-30-18-23(20-37-16-14-24(15-17-37)22(3)39)4-5-27(30)19-31(38)36-33(41)25-6-10-28(34)11-7-25/h4-7,10-11,18,21-22,24,26,29,39H,8-9,12-17,19-20H2,1-3H3,(H,35,40). The van der Waals surface area contributed by atoms with Crippen LogP contribution in [-0.2, 0) is 17.8 Å². The van der Waals surface area contributed by atoms with Gasteiger partial charge in [0.05, 0.1) is 6.10 Å². The summed E-state index contributed by atoms with van der Waals surface area (Å²) in [6.07, 6.45) is 5.60. The van der Waals surface area contributed by atoms with Crippen LogP contribution >= 0.6 is 0 Å². The fourth-order valence-corrected chi connectivity index (χ4v) is 6.60. The van der Waals surface area contributed by atoms with E-state index in [1.807, 2.05) is 20.8 Å². The first-order valence-corrected chi connectivity index (χ1v) is 15.2. The summed E-state index contributed by atoms with van der Waals surface area (Å²) < 4.78 is 13.5. The molecule has 41 heavy (non-hydrogen) atoms. The summed E-state index contributed by atoms with van der Waals surface area (Å²) in [6.45, 7) is 8.64. The lowest BCUT2D eigenvalue weighted by molar-refractivity contribution is -0.126. The number of anilines is 1. The number of carbonyl (C=O) groups excluding carboxylic acids is 2. The molecule has 1 unspecified atom stereocenters. The fraction of sp³-hybridized carbons (Fsp3) is 0.545. The minimum absolute atomic E-state index is 0.00728. The van der Waals surface area contributed by atoms with Gasteiger partial charge >= 0.3 is 0 Å². The molecule has 7 nitrogen and oxygen atoms in total. The van der Waals surface area contributed by atoms with Crippen molar-refractivity contribution < 1.29 is 19.1 Å². The van der Waals surface area contributed by atoms with Crippen molar-refractivity contribution in [3.8, 4) is 0 Å². The van der Waals surface area contributed by atoms with Crippen LogP contribution < -0.4 is 10.2 Å². The lowest BCUT2D eigenvalue weighted by Gasteiger charge is -2.36. The number of aliphatic imine (C=N–C) groups is 1. The van der Waals surface area contributed by atoms with Crippen molar-refractivity contribution in [2.45, 2.75) is 90.4 Å². The van der Waals surface area contributed by atoms with Gasteiger partial charge in [0.25, 0.3) is 5.91 Å². The van der Waals surface area contributed by atoms with Gasteiger partial charge in [0.2, 0.25) is 5.91 Å². The normalized spacial score (nSPS) is 23.6. The highest BCUT2D eigenvalue weighted by molar-refractivity contribution is 6.12. The van der Waals surface area contributed by atoms with Crippen LogP contribution in [0.15, 0.2) is 47.5 Å². The van der Waals surface area contributed by atoms with Crippen LogP contribution in [0.5, 0.6) is 0 Å². The molecule has 0 bridgehead atoms. The third kappa shape index (κ3) is 7.04. The number of carbonyl (C=O) groups is 2. The third-order valence-corrected chi connectivity index (χ3v) is 8.94. The summed E-state index contributed by atoms with van der Waals surface area (Å²) in [4.78, 5) is 35.1. The molecule has 2 aliphatic heterocycles. The van der Waals surface area contributed by atoms with Crippen molar-refractivity contribution in [3.63, 3.8) is 0 Å². The van der Waals surface area contributed by atoms with Crippen molar-refractivity contribution in [1.82, 2.24) is 10.2 Å². The molecule has 2 amide bonds. The molecule has 1 atom stereocenters. The molecule has 5 rings (SSSR count). The number of fused-ring (bicyclic) bond motifs is 1. The van der Waals surface area contributed by atoms with Crippen LogP contribution in [0.3, 0.4) is 0 Å². The van der Waals surface area contributed by atoms with Crippen molar-refractivity contribution in [3.05, 3.63) is 65.0 Å². The minimum atomic E-state index is -0.384. The van der Waals surface area contributed by atoms with Gasteiger partial charge in [-0.2, -0.15) is 4.99 Å². The SMILES string of the molecule is CC(C)NC(=O)C1CCC(N2C(=NC(=O)c3ccc(F)cc3)Cc3ccc(CN4CCC(C(C)O)CC4)cc32)CC1. The number of aliphatic hydroxyl groups excluding tert-OH is 1. The Morgan fingerprint density at radius 1 is 1.00 bits per heavy atom. The Hall–Kier alpha value is -3.10. The third-order valence-electron chi connectivity index (χ3n) is 8.94. The molecule has 2 aromatic carbocycles. The Morgan fingerprint density at radius 3 is 2.32 bits per heavy atom. The number of halogens is 1. The number of amidine groups is 1. The highest BCUT2D eigenvalue weighted by Crippen LogP contribution is 2.38. The molecule has 2 heterocycles. The molecule has 2 N–H and O–H groups in total. The van der Waals surface area contributed by atoms with Gasteiger partial charge in [-0.25, -0.2) is 4.39 Å². The van der Waals surface area contributed by atoms with Crippen LogP contribution in [0, 0.1) is 17.7 Å². The number of aliphatic hydroxyl groups is 1. The maximum absolute atomic E-state index is 13.5. The predicted molar refractivity (Wildman–Crippen MR) is 159 cm³/mol. The monoisotopic (exact) mass is 562 g/mol. The topological polar surface area (TPSA) is 85.2 Å². The molecule has 1 saturated carbocycles. The highest BCUT2D eigenvalue weighted by atomic mass is 19.1. The van der Waals surface area contributed by atoms with Crippen LogP contribution in [0.4, 0.5) is 10.1 Å². The number of nitrogens with one attached hydrogen (secondary N) is 1. The maximum Gasteiger partial charge on any atom is 0.278 e. The van der Waals surface area contributed by atoms with E-state index in [1.54, 1.807) is 0 Å². The number of hydrogen-bond acceptors (Lipinski definition) is 4. The molecular weight excluding hydrogens is 519 g/mol. The Bertz CT molecular complexity index is 1260. The quantitative estimate of drug-likeness (QED) is 0.490. The zero-order valence-electron chi connectivity index (χ0n) is 24.5. The summed E-state index contributed by atoms with van der Waals surface area (Å²) >= 11 is 0. The average Bonchev–Trinajstić information content (AvgIpc) is 3.30. The maximum atomic E-state index is 13.5. The predicted octanol–water partition coefficient (Wildman–Crippen LogP) is 5.10. The molecule has 2 aromatic rings. The van der Waals surface area contributed by atoms with Gasteiger partial charge in [0.15, 0.2) is 0 Å². The summed E-state index contributed by atoms with van der Waals surface area (Å²) in [5, 5.41) is 13.0. The first-order valence-electron chi connectivity index (χ1n) is 15.2. The van der Waals surface area contributed by atoms with Crippen LogP contribution in [0.1, 0.15) is 80.8 Å². The van der Waals surface area contributed by atoms with E-state index in [0.29, 0.717) is 17.9 Å². The first kappa shape index (κ1) is 29.4.